The largest absolute Gasteiger partial charge is 0.355 e. The van der Waals surface area contributed by atoms with E-state index in [-0.39, 0.29) is 24.3 Å². The monoisotopic (exact) mass is 427 g/mol. The second-order valence-corrected chi connectivity index (χ2v) is 7.11. The lowest BCUT2D eigenvalue weighted by atomic mass is 10.0. The molecule has 0 bridgehead atoms. The average molecular weight is 428 g/mol. The zero-order chi connectivity index (χ0) is 22.3. The Kier molecular flexibility index (Phi) is 8.18. The fraction of sp³-hybridized carbons (Fsp3) is 0.261. The van der Waals surface area contributed by atoms with E-state index in [4.69, 9.17) is 11.6 Å². The summed E-state index contributed by atoms with van der Waals surface area (Å²) in [4.78, 5) is 37.6. The minimum absolute atomic E-state index is 0.126. The SMILES string of the molecule is CNC(=O)c1ccc(C=CC(=O)NCC(=O)N(C)c2ccc(C)c(CCl)c2C)cc1. The summed E-state index contributed by atoms with van der Waals surface area (Å²) < 4.78 is 0. The molecule has 0 fully saturated rings. The highest BCUT2D eigenvalue weighted by Gasteiger charge is 2.16. The fourth-order valence-electron chi connectivity index (χ4n) is 2.99. The van der Waals surface area contributed by atoms with Gasteiger partial charge in [-0.1, -0.05) is 18.2 Å². The van der Waals surface area contributed by atoms with Crippen molar-refractivity contribution in [3.8, 4) is 0 Å². The highest BCUT2D eigenvalue weighted by molar-refractivity contribution is 6.17. The number of anilines is 1. The van der Waals surface area contributed by atoms with Crippen LogP contribution in [-0.2, 0) is 15.5 Å². The second kappa shape index (κ2) is 10.6. The number of hydrogen-bond acceptors (Lipinski definition) is 3. The minimum Gasteiger partial charge on any atom is -0.355 e. The molecular weight excluding hydrogens is 402 g/mol. The van der Waals surface area contributed by atoms with Gasteiger partial charge < -0.3 is 15.5 Å². The van der Waals surface area contributed by atoms with E-state index < -0.39 is 0 Å². The maximum atomic E-state index is 12.5. The summed E-state index contributed by atoms with van der Waals surface area (Å²) in [5.74, 6) is -0.416. The number of hydrogen-bond donors (Lipinski definition) is 2. The van der Waals surface area contributed by atoms with Crippen LogP contribution in [0, 0.1) is 13.8 Å². The Labute approximate surface area is 181 Å². The molecular formula is C23H26ClN3O3. The molecule has 30 heavy (non-hydrogen) atoms. The molecule has 0 aliphatic rings. The van der Waals surface area contributed by atoms with Crippen molar-refractivity contribution in [2.24, 2.45) is 0 Å². The standard InChI is InChI=1S/C23H26ClN3O3/c1-15-5-11-20(16(2)19(15)13-24)27(4)22(29)14-26-21(28)12-8-17-6-9-18(10-7-17)23(30)25-3/h5-12H,13-14H2,1-4H3,(H,25,30)(H,26,28). The van der Waals surface area contributed by atoms with Crippen LogP contribution in [0.5, 0.6) is 0 Å². The zero-order valence-corrected chi connectivity index (χ0v) is 18.3. The predicted molar refractivity (Wildman–Crippen MR) is 121 cm³/mol. The third kappa shape index (κ3) is 5.70. The molecule has 3 amide bonds. The summed E-state index contributed by atoms with van der Waals surface area (Å²) >= 11 is 6.03. The number of carbonyl (C=O) groups is 3. The topological polar surface area (TPSA) is 78.5 Å². The van der Waals surface area contributed by atoms with Crippen LogP contribution in [0.3, 0.4) is 0 Å². The molecule has 2 rings (SSSR count). The Balaban J connectivity index is 1.95. The summed E-state index contributed by atoms with van der Waals surface area (Å²) in [7, 11) is 3.24. The number of nitrogens with one attached hydrogen (secondary N) is 2. The molecule has 0 heterocycles. The average Bonchev–Trinajstić information content (AvgIpc) is 2.75. The quantitative estimate of drug-likeness (QED) is 0.526. The highest BCUT2D eigenvalue weighted by atomic mass is 35.5. The fourth-order valence-corrected chi connectivity index (χ4v) is 3.40. The normalized spacial score (nSPS) is 10.7. The molecule has 2 aromatic carbocycles. The zero-order valence-electron chi connectivity index (χ0n) is 17.6. The van der Waals surface area contributed by atoms with E-state index >= 15 is 0 Å². The number of likely N-dealkylation sites (N-methyl/N-ethyl adjacent to an activating group) is 1. The van der Waals surface area contributed by atoms with Crippen molar-refractivity contribution in [2.75, 3.05) is 25.5 Å². The molecule has 0 saturated heterocycles. The van der Waals surface area contributed by atoms with Crippen LogP contribution in [0.4, 0.5) is 5.69 Å². The molecule has 0 saturated carbocycles. The molecule has 0 radical (unpaired) electrons. The first-order chi connectivity index (χ1) is 14.3. The van der Waals surface area contributed by atoms with Crippen molar-refractivity contribution in [1.29, 1.82) is 0 Å². The van der Waals surface area contributed by atoms with Crippen molar-refractivity contribution >= 4 is 41.1 Å². The van der Waals surface area contributed by atoms with Gasteiger partial charge in [0.15, 0.2) is 0 Å². The molecule has 0 aromatic heterocycles. The first-order valence-corrected chi connectivity index (χ1v) is 10.0. The van der Waals surface area contributed by atoms with E-state index in [0.717, 1.165) is 27.9 Å². The Morgan fingerprint density at radius 2 is 1.73 bits per heavy atom. The van der Waals surface area contributed by atoms with Gasteiger partial charge in [-0.2, -0.15) is 0 Å². The van der Waals surface area contributed by atoms with Gasteiger partial charge in [-0.25, -0.2) is 0 Å². The third-order valence-corrected chi connectivity index (χ3v) is 5.18. The molecule has 0 atom stereocenters. The summed E-state index contributed by atoms with van der Waals surface area (Å²) in [6, 6.07) is 10.6. The van der Waals surface area contributed by atoms with E-state index in [1.54, 1.807) is 44.4 Å². The van der Waals surface area contributed by atoms with Gasteiger partial charge in [0, 0.05) is 37.3 Å². The van der Waals surface area contributed by atoms with Gasteiger partial charge in [0.1, 0.15) is 0 Å². The maximum absolute atomic E-state index is 12.5. The predicted octanol–water partition coefficient (Wildman–Crippen LogP) is 3.19. The number of alkyl halides is 1. The van der Waals surface area contributed by atoms with Crippen LogP contribution in [0.15, 0.2) is 42.5 Å². The van der Waals surface area contributed by atoms with E-state index in [0.29, 0.717) is 11.4 Å². The van der Waals surface area contributed by atoms with Gasteiger partial charge in [-0.05, 0) is 60.4 Å². The number of halogens is 1. The van der Waals surface area contributed by atoms with Crippen LogP contribution < -0.4 is 15.5 Å². The highest BCUT2D eigenvalue weighted by Crippen LogP contribution is 2.26. The summed E-state index contributed by atoms with van der Waals surface area (Å²) in [6.07, 6.45) is 2.97. The molecule has 0 unspecified atom stereocenters. The summed E-state index contributed by atoms with van der Waals surface area (Å²) in [6.45, 7) is 3.79. The van der Waals surface area contributed by atoms with Gasteiger partial charge in [-0.15, -0.1) is 11.6 Å². The van der Waals surface area contributed by atoms with Gasteiger partial charge in [-0.3, -0.25) is 14.4 Å². The number of amides is 3. The van der Waals surface area contributed by atoms with Crippen molar-refractivity contribution in [3.05, 3.63) is 70.3 Å². The Morgan fingerprint density at radius 3 is 2.33 bits per heavy atom. The Bertz CT molecular complexity index is 968. The molecule has 0 spiro atoms. The van der Waals surface area contributed by atoms with Crippen molar-refractivity contribution < 1.29 is 14.4 Å². The first kappa shape index (κ1) is 23.2. The molecule has 6 nitrogen and oxygen atoms in total. The third-order valence-electron chi connectivity index (χ3n) is 4.91. The maximum Gasteiger partial charge on any atom is 0.251 e. The van der Waals surface area contributed by atoms with Crippen molar-refractivity contribution in [1.82, 2.24) is 10.6 Å². The van der Waals surface area contributed by atoms with Gasteiger partial charge >= 0.3 is 0 Å². The summed E-state index contributed by atoms with van der Waals surface area (Å²) in [5, 5.41) is 5.14. The lowest BCUT2D eigenvalue weighted by Crippen LogP contribution is -2.38. The molecule has 2 N–H and O–H groups in total. The number of aryl methyl sites for hydroxylation is 1. The van der Waals surface area contributed by atoms with Crippen molar-refractivity contribution in [3.63, 3.8) is 0 Å². The number of benzene rings is 2. The second-order valence-electron chi connectivity index (χ2n) is 6.84. The van der Waals surface area contributed by atoms with E-state index in [9.17, 15) is 14.4 Å². The number of carbonyl (C=O) groups excluding carboxylic acids is 3. The van der Waals surface area contributed by atoms with Crippen LogP contribution in [-0.4, -0.2) is 38.4 Å². The molecule has 0 aliphatic carbocycles. The van der Waals surface area contributed by atoms with Crippen LogP contribution >= 0.6 is 11.6 Å². The van der Waals surface area contributed by atoms with E-state index in [1.807, 2.05) is 26.0 Å². The van der Waals surface area contributed by atoms with Crippen LogP contribution in [0.2, 0.25) is 0 Å². The van der Waals surface area contributed by atoms with Crippen molar-refractivity contribution in [2.45, 2.75) is 19.7 Å². The van der Waals surface area contributed by atoms with E-state index in [2.05, 4.69) is 10.6 Å². The van der Waals surface area contributed by atoms with E-state index in [1.165, 1.54) is 11.0 Å². The molecule has 158 valence electrons. The molecule has 0 aliphatic heterocycles. The summed E-state index contributed by atoms with van der Waals surface area (Å²) in [5.41, 5.74) is 5.10. The lowest BCUT2D eigenvalue weighted by Gasteiger charge is -2.22. The molecule has 7 heteroatoms. The molecule has 2 aromatic rings. The number of rotatable bonds is 7. The van der Waals surface area contributed by atoms with Gasteiger partial charge in [0.2, 0.25) is 11.8 Å². The minimum atomic E-state index is -0.380. The lowest BCUT2D eigenvalue weighted by molar-refractivity contribution is -0.122. The first-order valence-electron chi connectivity index (χ1n) is 9.48. The van der Waals surface area contributed by atoms with Gasteiger partial charge in [0.05, 0.1) is 6.54 Å². The Morgan fingerprint density at radius 1 is 1.07 bits per heavy atom. The Hall–Kier alpha value is -3.12. The number of nitrogens with zero attached hydrogens (tertiary/aromatic N) is 1. The van der Waals surface area contributed by atoms with Gasteiger partial charge in [0.25, 0.3) is 5.91 Å². The van der Waals surface area contributed by atoms with Crippen LogP contribution in [0.1, 0.15) is 32.6 Å². The smallest absolute Gasteiger partial charge is 0.251 e. The van der Waals surface area contributed by atoms with Crippen LogP contribution in [0.25, 0.3) is 6.08 Å².